The highest BCUT2D eigenvalue weighted by atomic mass is 16.3. The van der Waals surface area contributed by atoms with Gasteiger partial charge in [-0.25, -0.2) is 4.98 Å². The van der Waals surface area contributed by atoms with Gasteiger partial charge in [0, 0.05) is 25.5 Å². The molecule has 2 N–H and O–H groups in total. The van der Waals surface area contributed by atoms with Crippen molar-refractivity contribution in [3.63, 3.8) is 0 Å². The molecular weight excluding hydrogens is 254 g/mol. The molecule has 0 aliphatic rings. The highest BCUT2D eigenvalue weighted by Crippen LogP contribution is 2.17. The fraction of sp³-hybridized carbons (Fsp3) is 0.333. The molecule has 0 saturated carbocycles. The zero-order valence-corrected chi connectivity index (χ0v) is 11.7. The molecule has 1 unspecified atom stereocenters. The molecule has 1 aromatic carbocycles. The molecule has 2 aromatic rings. The Morgan fingerprint density at radius 3 is 3.00 bits per heavy atom. The van der Waals surface area contributed by atoms with Gasteiger partial charge in [-0.1, -0.05) is 18.6 Å². The van der Waals surface area contributed by atoms with Crippen LogP contribution in [0.15, 0.2) is 36.9 Å². The number of rotatable bonds is 5. The SMILES string of the molecule is Cc1ccc(O)c(C(=O)NCC(C)Cn2ccnc2)c1. The Kier molecular flexibility index (Phi) is 4.40. The number of carbonyl (C=O) groups excluding carboxylic acids is 1. The van der Waals surface area contributed by atoms with Crippen molar-refractivity contribution in [2.24, 2.45) is 5.92 Å². The molecule has 5 heteroatoms. The number of carbonyl (C=O) groups is 1. The molecule has 1 heterocycles. The lowest BCUT2D eigenvalue weighted by atomic mass is 10.1. The molecule has 0 aliphatic heterocycles. The number of phenols is 1. The van der Waals surface area contributed by atoms with Crippen LogP contribution in [0.5, 0.6) is 5.75 Å². The number of benzene rings is 1. The maximum Gasteiger partial charge on any atom is 0.255 e. The number of nitrogens with zero attached hydrogens (tertiary/aromatic N) is 2. The number of hydrogen-bond donors (Lipinski definition) is 2. The van der Waals surface area contributed by atoms with Gasteiger partial charge in [0.1, 0.15) is 5.75 Å². The molecule has 1 atom stereocenters. The first kappa shape index (κ1) is 14.1. The van der Waals surface area contributed by atoms with Gasteiger partial charge in [-0.15, -0.1) is 0 Å². The van der Waals surface area contributed by atoms with Crippen LogP contribution >= 0.6 is 0 Å². The van der Waals surface area contributed by atoms with Gasteiger partial charge in [0.05, 0.1) is 11.9 Å². The summed E-state index contributed by atoms with van der Waals surface area (Å²) in [6.45, 7) is 5.28. The number of amides is 1. The standard InChI is InChI=1S/C15H19N3O2/c1-11-3-4-14(19)13(7-11)15(20)17-8-12(2)9-18-6-5-16-10-18/h3-7,10,12,19H,8-9H2,1-2H3,(H,17,20). The first-order valence-corrected chi connectivity index (χ1v) is 6.60. The predicted molar refractivity (Wildman–Crippen MR) is 76.6 cm³/mol. The molecule has 1 amide bonds. The highest BCUT2D eigenvalue weighted by molar-refractivity contribution is 5.96. The van der Waals surface area contributed by atoms with Crippen LogP contribution in [0, 0.1) is 12.8 Å². The quantitative estimate of drug-likeness (QED) is 0.875. The number of phenolic OH excluding ortho intramolecular Hbond substituents is 1. The van der Waals surface area contributed by atoms with E-state index in [2.05, 4.69) is 17.2 Å². The molecule has 0 aliphatic carbocycles. The van der Waals surface area contributed by atoms with E-state index in [1.165, 1.54) is 0 Å². The lowest BCUT2D eigenvalue weighted by Gasteiger charge is -2.14. The average Bonchev–Trinajstić information content (AvgIpc) is 2.91. The smallest absolute Gasteiger partial charge is 0.255 e. The Hall–Kier alpha value is -2.30. The van der Waals surface area contributed by atoms with Crippen LogP contribution in [-0.4, -0.2) is 27.1 Å². The molecule has 0 saturated heterocycles. The second-order valence-corrected chi connectivity index (χ2v) is 5.10. The fourth-order valence-electron chi connectivity index (χ4n) is 2.01. The Morgan fingerprint density at radius 1 is 1.50 bits per heavy atom. The molecule has 1 aromatic heterocycles. The summed E-state index contributed by atoms with van der Waals surface area (Å²) in [6.07, 6.45) is 5.38. The van der Waals surface area contributed by atoms with Crippen LogP contribution in [0.4, 0.5) is 0 Å². The second-order valence-electron chi connectivity index (χ2n) is 5.10. The van der Waals surface area contributed by atoms with Gasteiger partial charge in [0.15, 0.2) is 0 Å². The fourth-order valence-corrected chi connectivity index (χ4v) is 2.01. The second kappa shape index (κ2) is 6.23. The van der Waals surface area contributed by atoms with E-state index in [-0.39, 0.29) is 17.6 Å². The third-order valence-electron chi connectivity index (χ3n) is 3.09. The summed E-state index contributed by atoms with van der Waals surface area (Å²) >= 11 is 0. The summed E-state index contributed by atoms with van der Waals surface area (Å²) in [7, 11) is 0. The average molecular weight is 273 g/mol. The third-order valence-corrected chi connectivity index (χ3v) is 3.09. The van der Waals surface area contributed by atoms with Crippen LogP contribution in [-0.2, 0) is 6.54 Å². The van der Waals surface area contributed by atoms with Crippen molar-refractivity contribution in [2.45, 2.75) is 20.4 Å². The van der Waals surface area contributed by atoms with Crippen molar-refractivity contribution in [2.75, 3.05) is 6.54 Å². The number of aromatic nitrogens is 2. The van der Waals surface area contributed by atoms with Crippen molar-refractivity contribution < 1.29 is 9.90 Å². The number of imidazole rings is 1. The minimum atomic E-state index is -0.247. The van der Waals surface area contributed by atoms with E-state index in [0.717, 1.165) is 12.1 Å². The summed E-state index contributed by atoms with van der Waals surface area (Å²) in [4.78, 5) is 16.0. The predicted octanol–water partition coefficient (Wildman–Crippen LogP) is 1.96. The zero-order valence-electron chi connectivity index (χ0n) is 11.7. The topological polar surface area (TPSA) is 67.2 Å². The molecule has 5 nitrogen and oxygen atoms in total. The van der Waals surface area contributed by atoms with Gasteiger partial charge in [-0.3, -0.25) is 4.79 Å². The van der Waals surface area contributed by atoms with Gasteiger partial charge in [0.2, 0.25) is 0 Å². The Balaban J connectivity index is 1.90. The number of hydrogen-bond acceptors (Lipinski definition) is 3. The van der Waals surface area contributed by atoms with Crippen molar-refractivity contribution >= 4 is 5.91 Å². The first-order chi connectivity index (χ1) is 9.56. The largest absolute Gasteiger partial charge is 0.507 e. The van der Waals surface area contributed by atoms with E-state index >= 15 is 0 Å². The Labute approximate surface area is 118 Å². The molecule has 2 rings (SSSR count). The van der Waals surface area contributed by atoms with Gasteiger partial charge < -0.3 is 15.0 Å². The molecule has 0 radical (unpaired) electrons. The van der Waals surface area contributed by atoms with E-state index in [1.54, 1.807) is 30.7 Å². The molecule has 20 heavy (non-hydrogen) atoms. The van der Waals surface area contributed by atoms with E-state index in [1.807, 2.05) is 17.7 Å². The first-order valence-electron chi connectivity index (χ1n) is 6.60. The van der Waals surface area contributed by atoms with Gasteiger partial charge in [0.25, 0.3) is 5.91 Å². The molecule has 0 bridgehead atoms. The van der Waals surface area contributed by atoms with Crippen molar-refractivity contribution in [1.29, 1.82) is 0 Å². The van der Waals surface area contributed by atoms with Crippen LogP contribution in [0.25, 0.3) is 0 Å². The summed E-state index contributed by atoms with van der Waals surface area (Å²) in [6, 6.07) is 5.00. The minimum Gasteiger partial charge on any atom is -0.507 e. The third kappa shape index (κ3) is 3.60. The Morgan fingerprint density at radius 2 is 2.30 bits per heavy atom. The Bertz CT molecular complexity index is 579. The van der Waals surface area contributed by atoms with E-state index < -0.39 is 0 Å². The van der Waals surface area contributed by atoms with Crippen LogP contribution < -0.4 is 5.32 Å². The van der Waals surface area contributed by atoms with Crippen molar-refractivity contribution in [1.82, 2.24) is 14.9 Å². The summed E-state index contributed by atoms with van der Waals surface area (Å²) in [5.74, 6) is 0.0409. The van der Waals surface area contributed by atoms with Gasteiger partial charge >= 0.3 is 0 Å². The monoisotopic (exact) mass is 273 g/mol. The summed E-state index contributed by atoms with van der Waals surface area (Å²) in [5, 5.41) is 12.6. The highest BCUT2D eigenvalue weighted by Gasteiger charge is 2.12. The van der Waals surface area contributed by atoms with Crippen LogP contribution in [0.3, 0.4) is 0 Å². The van der Waals surface area contributed by atoms with E-state index in [4.69, 9.17) is 0 Å². The minimum absolute atomic E-state index is 0.00960. The molecular formula is C15H19N3O2. The van der Waals surface area contributed by atoms with Crippen molar-refractivity contribution in [3.05, 3.63) is 48.0 Å². The maximum absolute atomic E-state index is 12.0. The maximum atomic E-state index is 12.0. The number of nitrogens with one attached hydrogen (secondary N) is 1. The van der Waals surface area contributed by atoms with Crippen LogP contribution in [0.1, 0.15) is 22.8 Å². The summed E-state index contributed by atoms with van der Waals surface area (Å²) in [5.41, 5.74) is 1.26. The van der Waals surface area contributed by atoms with Gasteiger partial charge in [-0.2, -0.15) is 0 Å². The van der Waals surface area contributed by atoms with E-state index in [9.17, 15) is 9.90 Å². The van der Waals surface area contributed by atoms with E-state index in [0.29, 0.717) is 12.1 Å². The molecule has 106 valence electrons. The van der Waals surface area contributed by atoms with Crippen LogP contribution in [0.2, 0.25) is 0 Å². The zero-order chi connectivity index (χ0) is 14.5. The van der Waals surface area contributed by atoms with Gasteiger partial charge in [-0.05, 0) is 25.0 Å². The summed E-state index contributed by atoms with van der Waals surface area (Å²) < 4.78 is 1.97. The number of aromatic hydroxyl groups is 1. The molecule has 0 spiro atoms. The lowest BCUT2D eigenvalue weighted by Crippen LogP contribution is -2.30. The van der Waals surface area contributed by atoms with Crippen molar-refractivity contribution in [3.8, 4) is 5.75 Å². The lowest BCUT2D eigenvalue weighted by molar-refractivity contribution is 0.0944. The molecule has 0 fully saturated rings. The normalized spacial score (nSPS) is 12.1. The number of aryl methyl sites for hydroxylation is 1.